The molecule has 2 heterocycles. The molecule has 1 atom stereocenters. The Morgan fingerprint density at radius 1 is 1.28 bits per heavy atom. The number of rotatable bonds is 11. The maximum atomic E-state index is 13.4. The van der Waals surface area contributed by atoms with Gasteiger partial charge in [-0.2, -0.15) is 0 Å². The fourth-order valence-electron chi connectivity index (χ4n) is 4.19. The number of aromatic nitrogens is 2. The van der Waals surface area contributed by atoms with Crippen molar-refractivity contribution in [2.45, 2.75) is 62.6 Å². The number of unbranched alkanes of at least 4 members (excludes halogenated alkanes) is 2. The average Bonchev–Trinajstić information content (AvgIpc) is 3.41. The normalized spacial score (nSPS) is 15.3. The number of nitrogens with one attached hydrogen (secondary N) is 1. The van der Waals surface area contributed by atoms with Gasteiger partial charge in [-0.15, -0.1) is 0 Å². The van der Waals surface area contributed by atoms with Gasteiger partial charge in [-0.25, -0.2) is 4.98 Å². The molecule has 36 heavy (non-hydrogen) atoms. The van der Waals surface area contributed by atoms with Crippen molar-refractivity contribution in [3.8, 4) is 0 Å². The SMILES string of the molecule is CCCCCn1c(SCc2cccc([N+](=O)[O-])c2)nc2cc(C(=O)NC[C@H]3CCCO3)ccc2c1=O. The predicted molar refractivity (Wildman–Crippen MR) is 139 cm³/mol. The molecule has 3 aromatic rings. The number of nitro benzene ring substituents is 1. The molecule has 4 rings (SSSR count). The van der Waals surface area contributed by atoms with E-state index in [1.54, 1.807) is 28.8 Å². The topological polar surface area (TPSA) is 116 Å². The summed E-state index contributed by atoms with van der Waals surface area (Å²) >= 11 is 1.36. The molecule has 1 fully saturated rings. The Morgan fingerprint density at radius 3 is 2.89 bits per heavy atom. The van der Waals surface area contributed by atoms with Crippen LogP contribution in [0.4, 0.5) is 5.69 Å². The average molecular weight is 511 g/mol. The van der Waals surface area contributed by atoms with Crippen LogP contribution >= 0.6 is 11.8 Å². The minimum Gasteiger partial charge on any atom is -0.376 e. The summed E-state index contributed by atoms with van der Waals surface area (Å²) < 4.78 is 7.24. The lowest BCUT2D eigenvalue weighted by atomic mass is 10.1. The van der Waals surface area contributed by atoms with Crippen LogP contribution < -0.4 is 10.9 Å². The van der Waals surface area contributed by atoms with E-state index in [9.17, 15) is 19.7 Å². The Morgan fingerprint density at radius 2 is 2.14 bits per heavy atom. The van der Waals surface area contributed by atoms with Crippen molar-refractivity contribution in [2.24, 2.45) is 0 Å². The lowest BCUT2D eigenvalue weighted by Gasteiger charge is -2.14. The molecule has 1 N–H and O–H groups in total. The van der Waals surface area contributed by atoms with Crippen LogP contribution in [0.25, 0.3) is 10.9 Å². The standard InChI is InChI=1S/C26H30N4O5S/c1-2-3-4-12-29-25(32)22-11-10-19(24(31)27-16-21-9-6-13-35-21)15-23(22)28-26(29)36-17-18-7-5-8-20(14-18)30(33)34/h5,7-8,10-11,14-15,21H,2-4,6,9,12-13,16-17H2,1H3,(H,27,31)/t21-/m1/s1. The Labute approximate surface area is 213 Å². The van der Waals surface area contributed by atoms with Gasteiger partial charge in [-0.1, -0.05) is 43.7 Å². The van der Waals surface area contributed by atoms with Crippen molar-refractivity contribution in [3.05, 3.63) is 74.1 Å². The summed E-state index contributed by atoms with van der Waals surface area (Å²) in [7, 11) is 0. The lowest BCUT2D eigenvalue weighted by Crippen LogP contribution is -2.31. The summed E-state index contributed by atoms with van der Waals surface area (Å²) in [5.74, 6) is 0.196. The van der Waals surface area contributed by atoms with Gasteiger partial charge in [0.05, 0.1) is 21.9 Å². The number of ether oxygens (including phenoxy) is 1. The maximum absolute atomic E-state index is 13.4. The number of non-ortho nitro benzene ring substituents is 1. The van der Waals surface area contributed by atoms with E-state index in [1.165, 1.54) is 23.9 Å². The van der Waals surface area contributed by atoms with Gasteiger partial charge in [0.25, 0.3) is 17.2 Å². The molecule has 9 nitrogen and oxygen atoms in total. The number of carbonyl (C=O) groups excluding carboxylic acids is 1. The van der Waals surface area contributed by atoms with E-state index in [1.807, 2.05) is 6.07 Å². The quantitative estimate of drug-likeness (QED) is 0.131. The first-order valence-electron chi connectivity index (χ1n) is 12.3. The second-order valence-electron chi connectivity index (χ2n) is 8.85. The highest BCUT2D eigenvalue weighted by Crippen LogP contribution is 2.25. The van der Waals surface area contributed by atoms with Crippen molar-refractivity contribution >= 4 is 34.3 Å². The third kappa shape index (κ3) is 6.30. The lowest BCUT2D eigenvalue weighted by molar-refractivity contribution is -0.384. The second kappa shape index (κ2) is 12.1. The molecule has 190 valence electrons. The van der Waals surface area contributed by atoms with Crippen molar-refractivity contribution in [1.82, 2.24) is 14.9 Å². The van der Waals surface area contributed by atoms with Crippen molar-refractivity contribution in [3.63, 3.8) is 0 Å². The molecule has 0 spiro atoms. The first-order chi connectivity index (χ1) is 17.5. The molecule has 1 aromatic heterocycles. The number of fused-ring (bicyclic) bond motifs is 1. The minimum absolute atomic E-state index is 0.0264. The summed E-state index contributed by atoms with van der Waals surface area (Å²) in [6.45, 7) is 3.82. The number of amides is 1. The van der Waals surface area contributed by atoms with E-state index >= 15 is 0 Å². The first-order valence-corrected chi connectivity index (χ1v) is 13.3. The van der Waals surface area contributed by atoms with Crippen LogP contribution in [0.3, 0.4) is 0 Å². The minimum atomic E-state index is -0.422. The van der Waals surface area contributed by atoms with Crippen molar-refractivity contribution < 1.29 is 14.5 Å². The van der Waals surface area contributed by atoms with Gasteiger partial charge in [-0.05, 0) is 43.0 Å². The molecule has 0 unspecified atom stereocenters. The molecule has 1 aliphatic heterocycles. The van der Waals surface area contributed by atoms with Crippen LogP contribution in [0.5, 0.6) is 0 Å². The summed E-state index contributed by atoms with van der Waals surface area (Å²) in [5, 5.41) is 15.0. The van der Waals surface area contributed by atoms with Gasteiger partial charge < -0.3 is 10.1 Å². The summed E-state index contributed by atoms with van der Waals surface area (Å²) in [4.78, 5) is 41.6. The van der Waals surface area contributed by atoms with Gasteiger partial charge in [0.15, 0.2) is 5.16 Å². The Hall–Kier alpha value is -3.24. The largest absolute Gasteiger partial charge is 0.376 e. The molecule has 0 aliphatic carbocycles. The van der Waals surface area contributed by atoms with Crippen LogP contribution in [0.1, 0.15) is 54.9 Å². The highest BCUT2D eigenvalue weighted by Gasteiger charge is 2.18. The fourth-order valence-corrected chi connectivity index (χ4v) is 5.16. The zero-order chi connectivity index (χ0) is 25.5. The third-order valence-corrected chi connectivity index (χ3v) is 7.22. The zero-order valence-corrected chi connectivity index (χ0v) is 21.1. The third-order valence-electron chi connectivity index (χ3n) is 6.17. The number of thioether (sulfide) groups is 1. The molecule has 2 aromatic carbocycles. The monoisotopic (exact) mass is 510 g/mol. The number of benzene rings is 2. The second-order valence-corrected chi connectivity index (χ2v) is 9.79. The van der Waals surface area contributed by atoms with E-state index in [4.69, 9.17) is 9.72 Å². The highest BCUT2D eigenvalue weighted by molar-refractivity contribution is 7.98. The van der Waals surface area contributed by atoms with Gasteiger partial charge in [0.2, 0.25) is 0 Å². The molecule has 0 saturated carbocycles. The maximum Gasteiger partial charge on any atom is 0.269 e. The highest BCUT2D eigenvalue weighted by atomic mass is 32.2. The van der Waals surface area contributed by atoms with Crippen LogP contribution in [0.15, 0.2) is 52.4 Å². The fraction of sp³-hybridized carbons (Fsp3) is 0.423. The summed E-state index contributed by atoms with van der Waals surface area (Å²) in [6, 6.07) is 11.4. The number of carbonyl (C=O) groups is 1. The molecule has 0 radical (unpaired) electrons. The number of hydrogen-bond donors (Lipinski definition) is 1. The Balaban J connectivity index is 1.60. The zero-order valence-electron chi connectivity index (χ0n) is 20.3. The van der Waals surface area contributed by atoms with Crippen molar-refractivity contribution in [2.75, 3.05) is 13.2 Å². The van der Waals surface area contributed by atoms with Crippen LogP contribution in [-0.2, 0) is 17.0 Å². The van der Waals surface area contributed by atoms with E-state index < -0.39 is 4.92 Å². The number of nitro groups is 1. The van der Waals surface area contributed by atoms with Gasteiger partial charge >= 0.3 is 0 Å². The van der Waals surface area contributed by atoms with Gasteiger partial charge in [0, 0.05) is 43.1 Å². The van der Waals surface area contributed by atoms with Gasteiger partial charge in [-0.3, -0.25) is 24.3 Å². The van der Waals surface area contributed by atoms with Crippen LogP contribution in [-0.4, -0.2) is 39.6 Å². The molecule has 0 bridgehead atoms. The number of nitrogens with zero attached hydrogens (tertiary/aromatic N) is 3. The summed E-state index contributed by atoms with van der Waals surface area (Å²) in [5.41, 5.74) is 1.54. The molecule has 1 aliphatic rings. The molecule has 10 heteroatoms. The first kappa shape index (κ1) is 25.8. The van der Waals surface area contributed by atoms with E-state index in [2.05, 4.69) is 12.2 Å². The molecular weight excluding hydrogens is 480 g/mol. The van der Waals surface area contributed by atoms with Gasteiger partial charge in [0.1, 0.15) is 0 Å². The summed E-state index contributed by atoms with van der Waals surface area (Å²) in [6.07, 6.45) is 4.83. The smallest absolute Gasteiger partial charge is 0.269 e. The van der Waals surface area contributed by atoms with Crippen LogP contribution in [0, 0.1) is 10.1 Å². The Kier molecular flexibility index (Phi) is 8.71. The Bertz CT molecular complexity index is 1300. The van der Waals surface area contributed by atoms with E-state index in [-0.39, 0.29) is 23.3 Å². The van der Waals surface area contributed by atoms with E-state index in [0.29, 0.717) is 40.5 Å². The molecule has 1 amide bonds. The van der Waals surface area contributed by atoms with Crippen molar-refractivity contribution in [1.29, 1.82) is 0 Å². The predicted octanol–water partition coefficient (Wildman–Crippen LogP) is 4.70. The molecule has 1 saturated heterocycles. The van der Waals surface area contributed by atoms with E-state index in [0.717, 1.165) is 44.3 Å². The van der Waals surface area contributed by atoms with Crippen LogP contribution in [0.2, 0.25) is 0 Å². The molecular formula is C26H30N4O5S. The number of hydrogen-bond acceptors (Lipinski definition) is 7.